The van der Waals surface area contributed by atoms with Gasteiger partial charge in [0.1, 0.15) is 5.01 Å². The van der Waals surface area contributed by atoms with Gasteiger partial charge in [0.2, 0.25) is 5.76 Å². The molecule has 6 heteroatoms. The van der Waals surface area contributed by atoms with Crippen LogP contribution in [-0.4, -0.2) is 15.9 Å². The van der Waals surface area contributed by atoms with Crippen molar-refractivity contribution >= 4 is 17.3 Å². The Morgan fingerprint density at radius 1 is 1.45 bits per heavy atom. The van der Waals surface area contributed by atoms with Gasteiger partial charge in [-0.15, -0.1) is 11.3 Å². The second-order valence-electron chi connectivity index (χ2n) is 5.04. The first-order valence-corrected chi connectivity index (χ1v) is 7.42. The lowest BCUT2D eigenvalue weighted by Gasteiger charge is -2.09. The minimum absolute atomic E-state index is 0.184. The van der Waals surface area contributed by atoms with Crippen LogP contribution in [0, 0.1) is 12.8 Å². The number of oxazole rings is 1. The molecule has 0 unspecified atom stereocenters. The van der Waals surface area contributed by atoms with E-state index in [0.29, 0.717) is 23.9 Å². The summed E-state index contributed by atoms with van der Waals surface area (Å²) in [6.45, 7) is 7.68. The lowest BCUT2D eigenvalue weighted by molar-refractivity contribution is 0.0297. The topological polar surface area (TPSA) is 65.2 Å². The monoisotopic (exact) mass is 294 g/mol. The maximum absolute atomic E-state index is 12.1. The van der Waals surface area contributed by atoms with Crippen LogP contribution >= 0.6 is 11.3 Å². The van der Waals surface area contributed by atoms with E-state index in [1.54, 1.807) is 20.0 Å². The van der Waals surface area contributed by atoms with Gasteiger partial charge in [-0.1, -0.05) is 13.8 Å². The molecule has 0 N–H and O–H groups in total. The Morgan fingerprint density at radius 2 is 2.20 bits per heavy atom. The summed E-state index contributed by atoms with van der Waals surface area (Å²) in [6, 6.07) is 0. The van der Waals surface area contributed by atoms with Crippen molar-refractivity contribution in [2.75, 3.05) is 0 Å². The van der Waals surface area contributed by atoms with E-state index in [1.165, 1.54) is 11.3 Å². The van der Waals surface area contributed by atoms with Crippen LogP contribution in [0.15, 0.2) is 16.0 Å². The minimum Gasteiger partial charge on any atom is -0.449 e. The molecule has 2 heterocycles. The maximum atomic E-state index is 12.1. The first-order chi connectivity index (χ1) is 9.47. The average molecular weight is 294 g/mol. The van der Waals surface area contributed by atoms with E-state index < -0.39 is 5.97 Å². The van der Waals surface area contributed by atoms with E-state index in [4.69, 9.17) is 9.15 Å². The first-order valence-electron chi connectivity index (χ1n) is 6.54. The van der Waals surface area contributed by atoms with Crippen LogP contribution in [0.25, 0.3) is 0 Å². The molecule has 0 spiro atoms. The van der Waals surface area contributed by atoms with Gasteiger partial charge in [0.15, 0.2) is 12.0 Å². The third kappa shape index (κ3) is 3.45. The van der Waals surface area contributed by atoms with Crippen LogP contribution in [0.3, 0.4) is 0 Å². The third-order valence-corrected chi connectivity index (χ3v) is 3.63. The second-order valence-corrected chi connectivity index (χ2v) is 5.96. The molecule has 108 valence electrons. The standard InChI is InChI=1S/C14H18N2O3S/c1-8(2)7-11-16-9(3)12(19-11)14(17)18-10(4)13-15-5-6-20-13/h5-6,8,10H,7H2,1-4H3/t10-/m1/s1. The highest BCUT2D eigenvalue weighted by Crippen LogP contribution is 2.22. The van der Waals surface area contributed by atoms with Gasteiger partial charge in [0.05, 0.1) is 5.69 Å². The van der Waals surface area contributed by atoms with Gasteiger partial charge in [0.25, 0.3) is 0 Å². The van der Waals surface area contributed by atoms with E-state index in [-0.39, 0.29) is 11.9 Å². The number of hydrogen-bond acceptors (Lipinski definition) is 6. The molecule has 5 nitrogen and oxygen atoms in total. The molecule has 0 fully saturated rings. The van der Waals surface area contributed by atoms with Crippen molar-refractivity contribution in [3.05, 3.63) is 33.9 Å². The van der Waals surface area contributed by atoms with E-state index in [2.05, 4.69) is 23.8 Å². The second kappa shape index (κ2) is 6.17. The normalized spacial score (nSPS) is 12.7. The average Bonchev–Trinajstić information content (AvgIpc) is 2.97. The molecule has 20 heavy (non-hydrogen) atoms. The van der Waals surface area contributed by atoms with Crippen molar-refractivity contribution in [1.82, 2.24) is 9.97 Å². The zero-order valence-corrected chi connectivity index (χ0v) is 12.9. The Morgan fingerprint density at radius 3 is 2.80 bits per heavy atom. The molecule has 0 aliphatic carbocycles. The maximum Gasteiger partial charge on any atom is 0.376 e. The lowest BCUT2D eigenvalue weighted by atomic mass is 10.1. The van der Waals surface area contributed by atoms with Crippen LogP contribution in [0.5, 0.6) is 0 Å². The minimum atomic E-state index is -0.493. The third-order valence-electron chi connectivity index (χ3n) is 2.69. The molecule has 0 saturated carbocycles. The fraction of sp³-hybridized carbons (Fsp3) is 0.500. The zero-order chi connectivity index (χ0) is 14.7. The number of esters is 1. The SMILES string of the molecule is Cc1nc(CC(C)C)oc1C(=O)O[C@H](C)c1nccs1. The summed E-state index contributed by atoms with van der Waals surface area (Å²) in [5, 5.41) is 2.61. The predicted octanol–water partition coefficient (Wildman–Crippen LogP) is 3.56. The molecule has 0 aliphatic rings. The van der Waals surface area contributed by atoms with E-state index in [1.807, 2.05) is 5.38 Å². The summed E-state index contributed by atoms with van der Waals surface area (Å²) in [4.78, 5) is 20.5. The van der Waals surface area contributed by atoms with Crippen molar-refractivity contribution in [1.29, 1.82) is 0 Å². The summed E-state index contributed by atoms with van der Waals surface area (Å²) in [7, 11) is 0. The van der Waals surface area contributed by atoms with Gasteiger partial charge in [-0.2, -0.15) is 0 Å². The molecule has 0 aromatic carbocycles. The quantitative estimate of drug-likeness (QED) is 0.789. The predicted molar refractivity (Wildman–Crippen MR) is 75.7 cm³/mol. The number of aryl methyl sites for hydroxylation is 1. The van der Waals surface area contributed by atoms with Gasteiger partial charge in [-0.3, -0.25) is 0 Å². The molecular weight excluding hydrogens is 276 g/mol. The molecule has 0 radical (unpaired) electrons. The van der Waals surface area contributed by atoms with Crippen molar-refractivity contribution in [2.24, 2.45) is 5.92 Å². The Balaban J connectivity index is 2.07. The molecule has 0 saturated heterocycles. The smallest absolute Gasteiger partial charge is 0.376 e. The number of ether oxygens (including phenoxy) is 1. The fourth-order valence-electron chi connectivity index (χ4n) is 1.78. The molecule has 0 bridgehead atoms. The molecule has 0 amide bonds. The van der Waals surface area contributed by atoms with Crippen molar-refractivity contribution in [2.45, 2.75) is 40.2 Å². The van der Waals surface area contributed by atoms with Crippen molar-refractivity contribution in [3.63, 3.8) is 0 Å². The van der Waals surface area contributed by atoms with Gasteiger partial charge < -0.3 is 9.15 Å². The Kier molecular flexibility index (Phi) is 4.54. The van der Waals surface area contributed by atoms with Crippen LogP contribution in [0.1, 0.15) is 54.0 Å². The molecule has 2 rings (SSSR count). The van der Waals surface area contributed by atoms with Gasteiger partial charge in [0, 0.05) is 18.0 Å². The molecular formula is C14H18N2O3S. The number of nitrogens with zero attached hydrogens (tertiary/aromatic N) is 2. The number of hydrogen-bond donors (Lipinski definition) is 0. The lowest BCUT2D eigenvalue weighted by Crippen LogP contribution is -2.09. The number of rotatable bonds is 5. The largest absolute Gasteiger partial charge is 0.449 e. The highest BCUT2D eigenvalue weighted by atomic mass is 32.1. The molecule has 1 atom stereocenters. The molecule has 2 aromatic heterocycles. The molecule has 2 aromatic rings. The summed E-state index contributed by atoms with van der Waals surface area (Å²) >= 11 is 1.45. The van der Waals surface area contributed by atoms with Crippen LogP contribution < -0.4 is 0 Å². The van der Waals surface area contributed by atoms with Crippen LogP contribution in [0.4, 0.5) is 0 Å². The van der Waals surface area contributed by atoms with Crippen molar-refractivity contribution in [3.8, 4) is 0 Å². The Labute approximate surface area is 122 Å². The Bertz CT molecular complexity index is 575. The first kappa shape index (κ1) is 14.7. The number of aromatic nitrogens is 2. The highest BCUT2D eigenvalue weighted by molar-refractivity contribution is 7.09. The molecule has 0 aliphatic heterocycles. The van der Waals surface area contributed by atoms with E-state index in [9.17, 15) is 4.79 Å². The van der Waals surface area contributed by atoms with Crippen molar-refractivity contribution < 1.29 is 13.9 Å². The van der Waals surface area contributed by atoms with Crippen LogP contribution in [-0.2, 0) is 11.2 Å². The van der Waals surface area contributed by atoms with Gasteiger partial charge >= 0.3 is 5.97 Å². The number of thiazole rings is 1. The van der Waals surface area contributed by atoms with E-state index >= 15 is 0 Å². The zero-order valence-electron chi connectivity index (χ0n) is 12.0. The van der Waals surface area contributed by atoms with Gasteiger partial charge in [-0.05, 0) is 19.8 Å². The van der Waals surface area contributed by atoms with Crippen LogP contribution in [0.2, 0.25) is 0 Å². The Hall–Kier alpha value is -1.69. The number of carbonyl (C=O) groups is 1. The van der Waals surface area contributed by atoms with E-state index in [0.717, 1.165) is 5.01 Å². The highest BCUT2D eigenvalue weighted by Gasteiger charge is 2.22. The van der Waals surface area contributed by atoms with Gasteiger partial charge in [-0.25, -0.2) is 14.8 Å². The fourth-order valence-corrected chi connectivity index (χ4v) is 2.40. The summed E-state index contributed by atoms with van der Waals surface area (Å²) in [5.41, 5.74) is 0.567. The summed E-state index contributed by atoms with van der Waals surface area (Å²) in [5.74, 6) is 0.689. The summed E-state index contributed by atoms with van der Waals surface area (Å²) in [6.07, 6.45) is 2.00. The number of carbonyl (C=O) groups excluding carboxylic acids is 1. The summed E-state index contributed by atoms with van der Waals surface area (Å²) < 4.78 is 10.9.